The Kier molecular flexibility index (Phi) is 22.3. The smallest absolute Gasteiger partial charge is 0.0662 e. The van der Waals surface area contributed by atoms with E-state index in [4.69, 9.17) is 10.2 Å². The van der Waals surface area contributed by atoms with Crippen molar-refractivity contribution < 1.29 is 10.2 Å². The average Bonchev–Trinajstić information content (AvgIpc) is 1.88. The van der Waals surface area contributed by atoms with E-state index in [1.165, 1.54) is 0 Å². The van der Waals surface area contributed by atoms with Crippen LogP contribution in [0, 0.1) is 0 Å². The number of aliphatic hydroxyl groups excluding tert-OH is 2. The van der Waals surface area contributed by atoms with Crippen LogP contribution in [0.3, 0.4) is 0 Å². The van der Waals surface area contributed by atoms with Gasteiger partial charge < -0.3 is 10.2 Å². The van der Waals surface area contributed by atoms with Crippen molar-refractivity contribution in [1.82, 2.24) is 0 Å². The van der Waals surface area contributed by atoms with E-state index in [1.807, 2.05) is 0 Å². The van der Waals surface area contributed by atoms with Gasteiger partial charge in [-0.1, -0.05) is 31.9 Å². The van der Waals surface area contributed by atoms with Crippen LogP contribution in [0.5, 0.6) is 0 Å². The van der Waals surface area contributed by atoms with Crippen LogP contribution >= 0.6 is 31.9 Å². The van der Waals surface area contributed by atoms with Crippen molar-refractivity contribution in [2.24, 2.45) is 0 Å². The lowest BCUT2D eigenvalue weighted by Gasteiger charge is -1.70. The maximum absolute atomic E-state index is 7.62. The van der Waals surface area contributed by atoms with Crippen molar-refractivity contribution in [1.29, 1.82) is 0 Å². The summed E-state index contributed by atoms with van der Waals surface area (Å²) < 4.78 is 0. The third-order valence-electron chi connectivity index (χ3n) is 0.148. The Bertz CT molecular complexity index is 41.3. The molecule has 4 heteroatoms. The molecule has 0 fully saturated rings. The van der Waals surface area contributed by atoms with Crippen molar-refractivity contribution in [3.8, 4) is 0 Å². The van der Waals surface area contributed by atoms with Gasteiger partial charge >= 0.3 is 0 Å². The molecule has 0 aromatic heterocycles. The van der Waals surface area contributed by atoms with Gasteiger partial charge in [0.05, 0.1) is 13.2 Å². The summed E-state index contributed by atoms with van der Waals surface area (Å²) in [5, 5.41) is 15.2. The number of aliphatic hydroxyl groups is 2. The lowest BCUT2D eigenvalue weighted by molar-refractivity contribution is 0.186. The molecule has 0 saturated heterocycles. The zero-order valence-electron chi connectivity index (χ0n) is 4.22. The Labute approximate surface area is 65.5 Å². The van der Waals surface area contributed by atoms with Crippen LogP contribution < -0.4 is 0 Å². The summed E-state index contributed by atoms with van der Waals surface area (Å²) in [6.45, 7) is -0.250. The second-order valence-electron chi connectivity index (χ2n) is 0.699. The quantitative estimate of drug-likeness (QED) is 0.732. The standard InChI is InChI=1S/C2H2Br2.C2H6O2/c2*3-1-2-4/h1-2H;3-4H,1-2H2/b2-1+;. The Morgan fingerprint density at radius 2 is 1.25 bits per heavy atom. The molecule has 0 heterocycles. The molecule has 0 atom stereocenters. The molecular formula is C4H8Br2O2. The largest absolute Gasteiger partial charge is 0.394 e. The normalized spacial score (nSPS) is 8.50. The number of hydrogen-bond acceptors (Lipinski definition) is 2. The van der Waals surface area contributed by atoms with E-state index in [-0.39, 0.29) is 13.2 Å². The van der Waals surface area contributed by atoms with Crippen molar-refractivity contribution >= 4 is 31.9 Å². The van der Waals surface area contributed by atoms with Crippen molar-refractivity contribution in [2.75, 3.05) is 13.2 Å². The van der Waals surface area contributed by atoms with Crippen LogP contribution in [0.1, 0.15) is 0 Å². The third kappa shape index (κ3) is 30.5. The van der Waals surface area contributed by atoms with Crippen LogP contribution in [0.4, 0.5) is 0 Å². The average molecular weight is 248 g/mol. The Balaban J connectivity index is 0. The Hall–Kier alpha value is 0.620. The highest BCUT2D eigenvalue weighted by Gasteiger charge is 1.58. The lowest BCUT2D eigenvalue weighted by Crippen LogP contribution is -1.85. The first-order valence-electron chi connectivity index (χ1n) is 1.90. The maximum atomic E-state index is 7.62. The summed E-state index contributed by atoms with van der Waals surface area (Å²) in [6.07, 6.45) is 0. The summed E-state index contributed by atoms with van der Waals surface area (Å²) in [4.78, 5) is 3.46. The van der Waals surface area contributed by atoms with Gasteiger partial charge in [0.2, 0.25) is 0 Å². The summed E-state index contributed by atoms with van der Waals surface area (Å²) in [7, 11) is 0. The minimum Gasteiger partial charge on any atom is -0.394 e. The molecule has 0 unspecified atom stereocenters. The van der Waals surface area contributed by atoms with E-state index >= 15 is 0 Å². The van der Waals surface area contributed by atoms with Crippen molar-refractivity contribution in [3.63, 3.8) is 0 Å². The molecule has 0 saturated carbocycles. The molecule has 0 amide bonds. The van der Waals surface area contributed by atoms with E-state index in [2.05, 4.69) is 31.9 Å². The van der Waals surface area contributed by atoms with E-state index in [1.54, 1.807) is 9.97 Å². The summed E-state index contributed by atoms with van der Waals surface area (Å²) >= 11 is 6.04. The van der Waals surface area contributed by atoms with Gasteiger partial charge in [0, 0.05) is 0 Å². The van der Waals surface area contributed by atoms with Gasteiger partial charge in [-0.3, -0.25) is 0 Å². The Morgan fingerprint density at radius 1 is 1.00 bits per heavy atom. The molecule has 0 spiro atoms. The van der Waals surface area contributed by atoms with E-state index in [9.17, 15) is 0 Å². The molecule has 0 aliphatic rings. The second-order valence-corrected chi connectivity index (χ2v) is 1.76. The van der Waals surface area contributed by atoms with Crippen molar-refractivity contribution in [3.05, 3.63) is 9.97 Å². The SMILES string of the molecule is Br/C=C/Br.OCCO. The van der Waals surface area contributed by atoms with Gasteiger partial charge in [-0.25, -0.2) is 0 Å². The molecule has 0 radical (unpaired) electrons. The topological polar surface area (TPSA) is 40.5 Å². The van der Waals surface area contributed by atoms with E-state index in [0.29, 0.717) is 0 Å². The summed E-state index contributed by atoms with van der Waals surface area (Å²) in [5.74, 6) is 0. The van der Waals surface area contributed by atoms with Crippen molar-refractivity contribution in [2.45, 2.75) is 0 Å². The molecule has 0 rings (SSSR count). The molecule has 50 valence electrons. The highest BCUT2D eigenvalue weighted by Crippen LogP contribution is 1.86. The fourth-order valence-corrected chi connectivity index (χ4v) is 0. The first-order chi connectivity index (χ1) is 3.83. The minimum atomic E-state index is -0.125. The fraction of sp³-hybridized carbons (Fsp3) is 0.500. The lowest BCUT2D eigenvalue weighted by atomic mass is 10.8. The molecule has 2 N–H and O–H groups in total. The molecule has 0 aromatic rings. The molecule has 8 heavy (non-hydrogen) atoms. The highest BCUT2D eigenvalue weighted by molar-refractivity contribution is 9.13. The maximum Gasteiger partial charge on any atom is 0.0662 e. The highest BCUT2D eigenvalue weighted by atomic mass is 79.9. The van der Waals surface area contributed by atoms with Crippen LogP contribution in [-0.2, 0) is 0 Å². The monoisotopic (exact) mass is 246 g/mol. The molecule has 0 aliphatic carbocycles. The molecular weight excluding hydrogens is 240 g/mol. The number of hydrogen-bond donors (Lipinski definition) is 2. The third-order valence-corrected chi connectivity index (χ3v) is 1.39. The molecule has 2 nitrogen and oxygen atoms in total. The number of rotatable bonds is 1. The van der Waals surface area contributed by atoms with Gasteiger partial charge in [0.25, 0.3) is 0 Å². The Morgan fingerprint density at radius 3 is 1.25 bits per heavy atom. The van der Waals surface area contributed by atoms with Crippen LogP contribution in [-0.4, -0.2) is 23.4 Å². The molecule has 0 aromatic carbocycles. The van der Waals surface area contributed by atoms with Crippen LogP contribution in [0.2, 0.25) is 0 Å². The number of halogens is 2. The van der Waals surface area contributed by atoms with Gasteiger partial charge in [-0.2, -0.15) is 0 Å². The van der Waals surface area contributed by atoms with Crippen LogP contribution in [0.25, 0.3) is 0 Å². The summed E-state index contributed by atoms with van der Waals surface area (Å²) in [6, 6.07) is 0. The summed E-state index contributed by atoms with van der Waals surface area (Å²) in [5.41, 5.74) is 0. The second kappa shape index (κ2) is 15.6. The predicted molar refractivity (Wildman–Crippen MR) is 41.2 cm³/mol. The first-order valence-corrected chi connectivity index (χ1v) is 3.73. The first kappa shape index (κ1) is 11.4. The van der Waals surface area contributed by atoms with E-state index in [0.717, 1.165) is 0 Å². The molecule has 0 aliphatic heterocycles. The fourth-order valence-electron chi connectivity index (χ4n) is 0. The van der Waals surface area contributed by atoms with Crippen LogP contribution in [0.15, 0.2) is 9.97 Å². The molecule has 0 bridgehead atoms. The van der Waals surface area contributed by atoms with Gasteiger partial charge in [-0.05, 0) is 9.97 Å². The predicted octanol–water partition coefficient (Wildman–Crippen LogP) is 1.22. The van der Waals surface area contributed by atoms with Gasteiger partial charge in [0.15, 0.2) is 0 Å². The van der Waals surface area contributed by atoms with E-state index < -0.39 is 0 Å². The van der Waals surface area contributed by atoms with Gasteiger partial charge in [-0.15, -0.1) is 0 Å². The zero-order valence-corrected chi connectivity index (χ0v) is 7.39. The minimum absolute atomic E-state index is 0.125. The zero-order chi connectivity index (χ0) is 6.83. The van der Waals surface area contributed by atoms with Gasteiger partial charge in [0.1, 0.15) is 0 Å².